The van der Waals surface area contributed by atoms with Crippen molar-refractivity contribution in [3.63, 3.8) is 0 Å². The number of aryl methyl sites for hydroxylation is 1. The van der Waals surface area contributed by atoms with E-state index in [0.717, 1.165) is 29.7 Å². The minimum Gasteiger partial charge on any atom is -0.496 e. The van der Waals surface area contributed by atoms with E-state index in [2.05, 4.69) is 11.8 Å². The summed E-state index contributed by atoms with van der Waals surface area (Å²) in [6.45, 7) is 2.03. The van der Waals surface area contributed by atoms with Gasteiger partial charge in [-0.05, 0) is 44.7 Å². The summed E-state index contributed by atoms with van der Waals surface area (Å²) in [4.78, 5) is 12.9. The molecule has 0 radical (unpaired) electrons. The van der Waals surface area contributed by atoms with E-state index in [-0.39, 0.29) is 5.92 Å². The standard InChI is InChI=1S/C17H22O2S/c1-11-6-7-16(19-2)15(8-11)17(18)12-9-13-4-3-5-14(10-12)20-13/h6-8,12-14H,3-5,9-10H2,1-2H3. The second-order valence-corrected chi connectivity index (χ2v) is 7.65. The molecule has 1 aromatic carbocycles. The molecule has 0 aliphatic carbocycles. The zero-order valence-electron chi connectivity index (χ0n) is 12.2. The fraction of sp³-hybridized carbons (Fsp3) is 0.588. The Morgan fingerprint density at radius 1 is 1.25 bits per heavy atom. The van der Waals surface area contributed by atoms with Gasteiger partial charge in [-0.2, -0.15) is 11.8 Å². The van der Waals surface area contributed by atoms with Crippen molar-refractivity contribution in [2.24, 2.45) is 5.92 Å². The van der Waals surface area contributed by atoms with Crippen molar-refractivity contribution in [2.45, 2.75) is 49.5 Å². The average molecular weight is 290 g/mol. The van der Waals surface area contributed by atoms with Crippen molar-refractivity contribution < 1.29 is 9.53 Å². The van der Waals surface area contributed by atoms with Crippen molar-refractivity contribution in [3.8, 4) is 5.75 Å². The Hall–Kier alpha value is -0.960. The van der Waals surface area contributed by atoms with Crippen LogP contribution in [0.25, 0.3) is 0 Å². The van der Waals surface area contributed by atoms with E-state index in [1.807, 2.05) is 25.1 Å². The molecule has 0 aromatic heterocycles. The molecular formula is C17H22O2S. The van der Waals surface area contributed by atoms with Crippen LogP contribution in [0.5, 0.6) is 5.75 Å². The Morgan fingerprint density at radius 2 is 1.95 bits per heavy atom. The lowest BCUT2D eigenvalue weighted by Gasteiger charge is -2.38. The molecule has 0 saturated carbocycles. The second-order valence-electron chi connectivity index (χ2n) is 6.05. The molecule has 2 bridgehead atoms. The highest BCUT2D eigenvalue weighted by atomic mass is 32.2. The normalized spacial score (nSPS) is 29.0. The lowest BCUT2D eigenvalue weighted by molar-refractivity contribution is 0.0893. The van der Waals surface area contributed by atoms with Crippen LogP contribution in [0.15, 0.2) is 18.2 Å². The number of carbonyl (C=O) groups excluding carboxylic acids is 1. The summed E-state index contributed by atoms with van der Waals surface area (Å²) in [6, 6.07) is 5.90. The van der Waals surface area contributed by atoms with Crippen LogP contribution in [0.4, 0.5) is 0 Å². The van der Waals surface area contributed by atoms with Crippen molar-refractivity contribution in [1.29, 1.82) is 0 Å². The monoisotopic (exact) mass is 290 g/mol. The summed E-state index contributed by atoms with van der Waals surface area (Å²) in [5.41, 5.74) is 1.90. The second kappa shape index (κ2) is 5.80. The molecule has 2 aliphatic rings. The molecule has 0 N–H and O–H groups in total. The largest absolute Gasteiger partial charge is 0.496 e. The molecule has 0 spiro atoms. The van der Waals surface area contributed by atoms with Crippen molar-refractivity contribution in [1.82, 2.24) is 0 Å². The van der Waals surface area contributed by atoms with Crippen LogP contribution >= 0.6 is 11.8 Å². The fourth-order valence-electron chi connectivity index (χ4n) is 3.51. The number of ketones is 1. The van der Waals surface area contributed by atoms with Crippen LogP contribution in [-0.4, -0.2) is 23.4 Å². The average Bonchev–Trinajstić information content (AvgIpc) is 2.46. The Kier molecular flexibility index (Phi) is 4.06. The molecule has 2 nitrogen and oxygen atoms in total. The smallest absolute Gasteiger partial charge is 0.169 e. The van der Waals surface area contributed by atoms with Gasteiger partial charge in [-0.25, -0.2) is 0 Å². The van der Waals surface area contributed by atoms with E-state index in [4.69, 9.17) is 4.74 Å². The Morgan fingerprint density at radius 3 is 2.60 bits per heavy atom. The topological polar surface area (TPSA) is 26.3 Å². The van der Waals surface area contributed by atoms with Gasteiger partial charge in [0.1, 0.15) is 5.75 Å². The highest BCUT2D eigenvalue weighted by Crippen LogP contribution is 2.45. The third-order valence-corrected chi connectivity index (χ3v) is 6.15. The minimum atomic E-state index is 0.197. The van der Waals surface area contributed by atoms with Gasteiger partial charge >= 0.3 is 0 Å². The number of Topliss-reactive ketones (excluding diaryl/α,β-unsaturated/α-hetero) is 1. The molecule has 20 heavy (non-hydrogen) atoms. The van der Waals surface area contributed by atoms with Gasteiger partial charge in [-0.1, -0.05) is 18.1 Å². The molecule has 2 saturated heterocycles. The number of carbonyl (C=O) groups is 1. The summed E-state index contributed by atoms with van der Waals surface area (Å²) in [5, 5.41) is 1.40. The maximum Gasteiger partial charge on any atom is 0.169 e. The van der Waals surface area contributed by atoms with E-state index in [1.54, 1.807) is 7.11 Å². The highest BCUT2D eigenvalue weighted by molar-refractivity contribution is 8.00. The lowest BCUT2D eigenvalue weighted by Crippen LogP contribution is -2.33. The quantitative estimate of drug-likeness (QED) is 0.778. The van der Waals surface area contributed by atoms with E-state index in [1.165, 1.54) is 19.3 Å². The zero-order valence-corrected chi connectivity index (χ0v) is 13.0. The van der Waals surface area contributed by atoms with Crippen LogP contribution in [0.3, 0.4) is 0 Å². The van der Waals surface area contributed by atoms with E-state index in [9.17, 15) is 4.79 Å². The van der Waals surface area contributed by atoms with Gasteiger partial charge in [-0.15, -0.1) is 0 Å². The summed E-state index contributed by atoms with van der Waals surface area (Å²) >= 11 is 2.12. The molecule has 3 rings (SSSR count). The van der Waals surface area contributed by atoms with Gasteiger partial charge in [0.15, 0.2) is 5.78 Å². The van der Waals surface area contributed by atoms with E-state index < -0.39 is 0 Å². The number of rotatable bonds is 3. The molecule has 3 heteroatoms. The van der Waals surface area contributed by atoms with Gasteiger partial charge in [-0.3, -0.25) is 4.79 Å². The molecule has 1 aromatic rings. The summed E-state index contributed by atoms with van der Waals surface area (Å²) < 4.78 is 5.38. The fourth-order valence-corrected chi connectivity index (χ4v) is 5.34. The molecule has 0 amide bonds. The van der Waals surface area contributed by atoms with Gasteiger partial charge in [0, 0.05) is 16.4 Å². The van der Waals surface area contributed by atoms with Crippen molar-refractivity contribution >= 4 is 17.5 Å². The number of ether oxygens (including phenoxy) is 1. The van der Waals surface area contributed by atoms with Gasteiger partial charge in [0.25, 0.3) is 0 Å². The Bertz CT molecular complexity index is 500. The van der Waals surface area contributed by atoms with Gasteiger partial charge in [0.05, 0.1) is 12.7 Å². The van der Waals surface area contributed by atoms with E-state index in [0.29, 0.717) is 16.3 Å². The van der Waals surface area contributed by atoms with Crippen LogP contribution in [-0.2, 0) is 0 Å². The zero-order chi connectivity index (χ0) is 14.1. The molecule has 2 aliphatic heterocycles. The number of hydrogen-bond acceptors (Lipinski definition) is 3. The molecular weight excluding hydrogens is 268 g/mol. The maximum absolute atomic E-state index is 12.9. The first-order valence-electron chi connectivity index (χ1n) is 7.51. The minimum absolute atomic E-state index is 0.197. The SMILES string of the molecule is COc1ccc(C)cc1C(=O)C1CC2CCCC(C1)S2. The molecule has 108 valence electrons. The summed E-state index contributed by atoms with van der Waals surface area (Å²) in [6.07, 6.45) is 6.02. The summed E-state index contributed by atoms with van der Waals surface area (Å²) in [7, 11) is 1.65. The summed E-state index contributed by atoms with van der Waals surface area (Å²) in [5.74, 6) is 1.22. The molecule has 2 heterocycles. The number of fused-ring (bicyclic) bond motifs is 2. The number of hydrogen-bond donors (Lipinski definition) is 0. The van der Waals surface area contributed by atoms with Crippen molar-refractivity contribution in [3.05, 3.63) is 29.3 Å². The first kappa shape index (κ1) is 14.0. The van der Waals surface area contributed by atoms with Crippen molar-refractivity contribution in [2.75, 3.05) is 7.11 Å². The van der Waals surface area contributed by atoms with Gasteiger partial charge < -0.3 is 4.74 Å². The first-order valence-corrected chi connectivity index (χ1v) is 8.46. The third kappa shape index (κ3) is 2.73. The van der Waals surface area contributed by atoms with Crippen LogP contribution in [0.2, 0.25) is 0 Å². The number of benzene rings is 1. The maximum atomic E-state index is 12.9. The first-order chi connectivity index (χ1) is 9.67. The van der Waals surface area contributed by atoms with Crippen LogP contribution < -0.4 is 4.74 Å². The highest BCUT2D eigenvalue weighted by Gasteiger charge is 2.36. The molecule has 2 atom stereocenters. The lowest BCUT2D eigenvalue weighted by atomic mass is 9.84. The third-order valence-electron chi connectivity index (χ3n) is 4.52. The Balaban J connectivity index is 1.83. The van der Waals surface area contributed by atoms with E-state index >= 15 is 0 Å². The molecule has 2 fully saturated rings. The predicted octanol–water partition coefficient (Wildman–Crippen LogP) is 4.25. The number of thioether (sulfide) groups is 1. The number of methoxy groups -OCH3 is 1. The van der Waals surface area contributed by atoms with Gasteiger partial charge in [0.2, 0.25) is 0 Å². The van der Waals surface area contributed by atoms with Crippen LogP contribution in [0, 0.1) is 12.8 Å². The van der Waals surface area contributed by atoms with Crippen LogP contribution in [0.1, 0.15) is 48.0 Å². The molecule has 2 unspecified atom stereocenters. The predicted molar refractivity (Wildman–Crippen MR) is 83.8 cm³/mol. The Labute approximate surface area is 125 Å².